The van der Waals surface area contributed by atoms with Gasteiger partial charge in [0.25, 0.3) is 0 Å². The van der Waals surface area contributed by atoms with Gasteiger partial charge in [-0.2, -0.15) is 5.10 Å². The minimum atomic E-state index is 0.913. The SMILES string of the molecule is C1=Cc2nc3cccn3nc2C1. The van der Waals surface area contributed by atoms with Crippen molar-refractivity contribution in [1.29, 1.82) is 0 Å². The van der Waals surface area contributed by atoms with Gasteiger partial charge in [0.1, 0.15) is 0 Å². The van der Waals surface area contributed by atoms with E-state index in [0.29, 0.717) is 0 Å². The van der Waals surface area contributed by atoms with E-state index in [4.69, 9.17) is 0 Å². The van der Waals surface area contributed by atoms with Gasteiger partial charge in [-0.05, 0) is 18.2 Å². The Hall–Kier alpha value is -1.64. The lowest BCUT2D eigenvalue weighted by atomic mass is 10.3. The second-order valence-electron chi connectivity index (χ2n) is 2.86. The zero-order valence-electron chi connectivity index (χ0n) is 6.44. The Kier molecular flexibility index (Phi) is 0.961. The summed E-state index contributed by atoms with van der Waals surface area (Å²) in [6.07, 6.45) is 6.94. The van der Waals surface area contributed by atoms with Crippen LogP contribution in [-0.4, -0.2) is 14.6 Å². The highest BCUT2D eigenvalue weighted by molar-refractivity contribution is 5.56. The zero-order chi connectivity index (χ0) is 7.97. The van der Waals surface area contributed by atoms with E-state index in [-0.39, 0.29) is 0 Å². The maximum Gasteiger partial charge on any atom is 0.154 e. The number of hydrogen-bond acceptors (Lipinski definition) is 2. The molecule has 2 aromatic rings. The molecule has 1 aliphatic rings. The molecular formula is C9H7N3. The van der Waals surface area contributed by atoms with Crippen LogP contribution in [0.3, 0.4) is 0 Å². The molecule has 1 aliphatic carbocycles. The standard InChI is InChI=1S/C9H7N3/c1-3-7-8(4-1)11-12-6-2-5-9(12)10-7/h1-3,5-6H,4H2. The molecule has 0 aromatic carbocycles. The summed E-state index contributed by atoms with van der Waals surface area (Å²) in [7, 11) is 0. The van der Waals surface area contributed by atoms with Gasteiger partial charge < -0.3 is 0 Å². The quantitative estimate of drug-likeness (QED) is 0.577. The summed E-state index contributed by atoms with van der Waals surface area (Å²) >= 11 is 0. The lowest BCUT2D eigenvalue weighted by Gasteiger charge is -1.97. The van der Waals surface area contributed by atoms with Crippen molar-refractivity contribution in [2.45, 2.75) is 6.42 Å². The first-order valence-corrected chi connectivity index (χ1v) is 3.94. The Morgan fingerprint density at radius 1 is 1.42 bits per heavy atom. The average Bonchev–Trinajstić information content (AvgIpc) is 2.64. The van der Waals surface area contributed by atoms with Gasteiger partial charge in [0.15, 0.2) is 5.65 Å². The van der Waals surface area contributed by atoms with E-state index in [0.717, 1.165) is 23.5 Å². The van der Waals surface area contributed by atoms with E-state index < -0.39 is 0 Å². The molecule has 0 fully saturated rings. The number of aromatic nitrogens is 3. The van der Waals surface area contributed by atoms with Crippen molar-refractivity contribution in [1.82, 2.24) is 14.6 Å². The maximum absolute atomic E-state index is 4.43. The van der Waals surface area contributed by atoms with Crippen molar-refractivity contribution < 1.29 is 0 Å². The molecule has 0 amide bonds. The van der Waals surface area contributed by atoms with Gasteiger partial charge in [0.05, 0.1) is 11.4 Å². The van der Waals surface area contributed by atoms with E-state index in [1.807, 2.05) is 28.9 Å². The van der Waals surface area contributed by atoms with Crippen molar-refractivity contribution in [3.8, 4) is 0 Å². The Bertz CT molecular complexity index is 468. The van der Waals surface area contributed by atoms with Crippen LogP contribution in [0.15, 0.2) is 24.4 Å². The molecule has 0 radical (unpaired) electrons. The van der Waals surface area contributed by atoms with Gasteiger partial charge in [-0.25, -0.2) is 9.50 Å². The molecule has 0 unspecified atom stereocenters. The fourth-order valence-electron chi connectivity index (χ4n) is 1.47. The topological polar surface area (TPSA) is 30.2 Å². The maximum atomic E-state index is 4.43. The van der Waals surface area contributed by atoms with Crippen molar-refractivity contribution in [2.75, 3.05) is 0 Å². The second-order valence-corrected chi connectivity index (χ2v) is 2.86. The molecule has 2 heterocycles. The van der Waals surface area contributed by atoms with Gasteiger partial charge in [-0.15, -0.1) is 0 Å². The third kappa shape index (κ3) is 0.652. The predicted molar refractivity (Wildman–Crippen MR) is 45.7 cm³/mol. The summed E-state index contributed by atoms with van der Waals surface area (Å²) in [5, 5.41) is 4.41. The third-order valence-corrected chi connectivity index (χ3v) is 2.05. The third-order valence-electron chi connectivity index (χ3n) is 2.05. The number of rotatable bonds is 0. The highest BCUT2D eigenvalue weighted by atomic mass is 15.2. The van der Waals surface area contributed by atoms with Crippen LogP contribution in [0.1, 0.15) is 11.4 Å². The average molecular weight is 157 g/mol. The monoisotopic (exact) mass is 157 g/mol. The van der Waals surface area contributed by atoms with E-state index >= 15 is 0 Å². The largest absolute Gasteiger partial charge is 0.227 e. The lowest BCUT2D eigenvalue weighted by molar-refractivity contribution is 0.859. The van der Waals surface area contributed by atoms with Gasteiger partial charge >= 0.3 is 0 Å². The van der Waals surface area contributed by atoms with E-state index in [1.54, 1.807) is 0 Å². The molecule has 0 spiro atoms. The summed E-state index contributed by atoms with van der Waals surface area (Å²) in [5.41, 5.74) is 3.00. The van der Waals surface area contributed by atoms with Crippen LogP contribution in [0.25, 0.3) is 11.7 Å². The van der Waals surface area contributed by atoms with Gasteiger partial charge in [-0.1, -0.05) is 6.08 Å². The summed E-state index contributed by atoms with van der Waals surface area (Å²) < 4.78 is 1.81. The molecule has 58 valence electrons. The molecule has 0 aliphatic heterocycles. The first kappa shape index (κ1) is 5.94. The second kappa shape index (κ2) is 1.94. The highest BCUT2D eigenvalue weighted by Crippen LogP contribution is 2.14. The van der Waals surface area contributed by atoms with Crippen molar-refractivity contribution in [2.24, 2.45) is 0 Å². The van der Waals surface area contributed by atoms with Gasteiger partial charge in [0.2, 0.25) is 0 Å². The fourth-order valence-corrected chi connectivity index (χ4v) is 1.47. The summed E-state index contributed by atoms with van der Waals surface area (Å²) in [4.78, 5) is 4.43. The van der Waals surface area contributed by atoms with Crippen LogP contribution in [-0.2, 0) is 6.42 Å². The number of fused-ring (bicyclic) bond motifs is 2. The summed E-state index contributed by atoms with van der Waals surface area (Å²) in [6.45, 7) is 0. The van der Waals surface area contributed by atoms with Crippen LogP contribution >= 0.6 is 0 Å². The molecule has 0 saturated heterocycles. The first-order chi connectivity index (χ1) is 5.93. The zero-order valence-corrected chi connectivity index (χ0v) is 6.44. The number of hydrogen-bond donors (Lipinski definition) is 0. The molecule has 0 saturated carbocycles. The molecule has 0 N–H and O–H groups in total. The van der Waals surface area contributed by atoms with E-state index in [2.05, 4.69) is 16.2 Å². The van der Waals surface area contributed by atoms with Gasteiger partial charge in [0, 0.05) is 12.6 Å². The Morgan fingerprint density at radius 2 is 2.42 bits per heavy atom. The van der Waals surface area contributed by atoms with Crippen LogP contribution in [0.5, 0.6) is 0 Å². The molecule has 3 rings (SSSR count). The normalized spacial score (nSPS) is 14.0. The Labute approximate surface area is 69.4 Å². The van der Waals surface area contributed by atoms with Gasteiger partial charge in [-0.3, -0.25) is 0 Å². The Morgan fingerprint density at radius 3 is 3.42 bits per heavy atom. The van der Waals surface area contributed by atoms with Crippen molar-refractivity contribution in [3.05, 3.63) is 35.8 Å². The lowest BCUT2D eigenvalue weighted by Crippen LogP contribution is -1.99. The van der Waals surface area contributed by atoms with Crippen LogP contribution in [0.2, 0.25) is 0 Å². The molecule has 3 heteroatoms. The smallest absolute Gasteiger partial charge is 0.154 e. The minimum Gasteiger partial charge on any atom is -0.227 e. The number of nitrogens with zero attached hydrogens (tertiary/aromatic N) is 3. The van der Waals surface area contributed by atoms with Crippen molar-refractivity contribution >= 4 is 11.7 Å². The molecule has 0 atom stereocenters. The summed E-state index contributed by atoms with van der Waals surface area (Å²) in [5.74, 6) is 0. The predicted octanol–water partition coefficient (Wildman–Crippen LogP) is 1.30. The Balaban J connectivity index is 2.43. The molecule has 0 bridgehead atoms. The van der Waals surface area contributed by atoms with Crippen LogP contribution in [0, 0.1) is 0 Å². The summed E-state index contributed by atoms with van der Waals surface area (Å²) in [6, 6.07) is 3.91. The molecule has 2 aromatic heterocycles. The fraction of sp³-hybridized carbons (Fsp3) is 0.111. The van der Waals surface area contributed by atoms with Crippen molar-refractivity contribution in [3.63, 3.8) is 0 Å². The molecule has 12 heavy (non-hydrogen) atoms. The minimum absolute atomic E-state index is 0.913. The first-order valence-electron chi connectivity index (χ1n) is 3.94. The molecular weight excluding hydrogens is 150 g/mol. The molecule has 3 nitrogen and oxygen atoms in total. The van der Waals surface area contributed by atoms with E-state index in [1.165, 1.54) is 0 Å². The number of allylic oxidation sites excluding steroid dienone is 1. The highest BCUT2D eigenvalue weighted by Gasteiger charge is 2.08. The van der Waals surface area contributed by atoms with Crippen LogP contribution < -0.4 is 0 Å². The van der Waals surface area contributed by atoms with Crippen LogP contribution in [0.4, 0.5) is 0 Å². The van der Waals surface area contributed by atoms with E-state index in [9.17, 15) is 0 Å².